The van der Waals surface area contributed by atoms with Crippen molar-refractivity contribution in [3.8, 4) is 17.2 Å². The molecule has 0 aromatic heterocycles. The molecule has 31 heavy (non-hydrogen) atoms. The van der Waals surface area contributed by atoms with E-state index in [1.54, 1.807) is 30.3 Å². The summed E-state index contributed by atoms with van der Waals surface area (Å²) in [5, 5.41) is 6.33. The van der Waals surface area contributed by atoms with Gasteiger partial charge in [-0.2, -0.15) is 5.10 Å². The lowest BCUT2D eigenvalue weighted by Gasteiger charge is -2.23. The predicted octanol–water partition coefficient (Wildman–Crippen LogP) is 4.46. The first-order valence-electron chi connectivity index (χ1n) is 10.2. The maximum atomic E-state index is 13.5. The van der Waals surface area contributed by atoms with E-state index in [9.17, 15) is 4.79 Å². The van der Waals surface area contributed by atoms with Gasteiger partial charge < -0.3 is 14.2 Å². The fourth-order valence-electron chi connectivity index (χ4n) is 3.90. The number of carbonyl (C=O) groups excluding carboxylic acids is 1. The molecule has 3 aromatic rings. The van der Waals surface area contributed by atoms with E-state index in [-0.39, 0.29) is 11.9 Å². The molecule has 0 saturated carbocycles. The fourth-order valence-corrected chi connectivity index (χ4v) is 3.90. The molecule has 6 nitrogen and oxygen atoms in total. The molecule has 5 rings (SSSR count). The molecule has 2 aliphatic heterocycles. The zero-order valence-corrected chi connectivity index (χ0v) is 17.2. The largest absolute Gasteiger partial charge is 0.497 e. The van der Waals surface area contributed by atoms with Crippen LogP contribution in [0.4, 0.5) is 0 Å². The third-order valence-electron chi connectivity index (χ3n) is 5.52. The van der Waals surface area contributed by atoms with Crippen LogP contribution in [0.2, 0.25) is 0 Å². The fraction of sp³-hybridized carbons (Fsp3) is 0.200. The summed E-state index contributed by atoms with van der Waals surface area (Å²) in [4.78, 5) is 13.5. The minimum Gasteiger partial charge on any atom is -0.497 e. The van der Waals surface area contributed by atoms with Crippen molar-refractivity contribution in [3.63, 3.8) is 0 Å². The van der Waals surface area contributed by atoms with Crippen LogP contribution >= 0.6 is 0 Å². The van der Waals surface area contributed by atoms with Crippen molar-refractivity contribution in [3.05, 3.63) is 89.5 Å². The van der Waals surface area contributed by atoms with E-state index in [2.05, 4.69) is 0 Å². The van der Waals surface area contributed by atoms with Crippen molar-refractivity contribution in [1.82, 2.24) is 5.01 Å². The van der Waals surface area contributed by atoms with Crippen LogP contribution in [-0.2, 0) is 0 Å². The van der Waals surface area contributed by atoms with Crippen LogP contribution < -0.4 is 14.2 Å². The van der Waals surface area contributed by atoms with Gasteiger partial charge in [0, 0.05) is 12.0 Å². The molecule has 0 spiro atoms. The number of hydrogen-bond acceptors (Lipinski definition) is 5. The zero-order valence-electron chi connectivity index (χ0n) is 17.2. The highest BCUT2D eigenvalue weighted by Gasteiger charge is 2.34. The summed E-state index contributed by atoms with van der Waals surface area (Å²) in [6.45, 7) is 0.985. The van der Waals surface area contributed by atoms with Crippen molar-refractivity contribution >= 4 is 11.6 Å². The number of ether oxygens (including phenoxy) is 3. The molecule has 2 heterocycles. The quantitative estimate of drug-likeness (QED) is 0.633. The molecular weight excluding hydrogens is 392 g/mol. The van der Waals surface area contributed by atoms with E-state index < -0.39 is 0 Å². The first kappa shape index (κ1) is 19.2. The van der Waals surface area contributed by atoms with Crippen LogP contribution in [0, 0.1) is 0 Å². The summed E-state index contributed by atoms with van der Waals surface area (Å²) in [6, 6.07) is 22.8. The summed E-state index contributed by atoms with van der Waals surface area (Å²) >= 11 is 0. The molecule has 2 aliphatic rings. The van der Waals surface area contributed by atoms with E-state index in [4.69, 9.17) is 19.3 Å². The minimum atomic E-state index is -0.181. The number of hydrogen-bond donors (Lipinski definition) is 0. The Bertz CT molecular complexity index is 1130. The Morgan fingerprint density at radius 1 is 0.968 bits per heavy atom. The van der Waals surface area contributed by atoms with Crippen LogP contribution in [0.1, 0.15) is 33.9 Å². The molecule has 0 N–H and O–H groups in total. The van der Waals surface area contributed by atoms with Gasteiger partial charge in [-0.15, -0.1) is 0 Å². The number of carbonyl (C=O) groups is 1. The van der Waals surface area contributed by atoms with E-state index in [0.29, 0.717) is 36.7 Å². The van der Waals surface area contributed by atoms with Crippen LogP contribution in [0.25, 0.3) is 0 Å². The Labute approximate surface area is 180 Å². The maximum absolute atomic E-state index is 13.5. The van der Waals surface area contributed by atoms with Gasteiger partial charge in [0.05, 0.1) is 18.9 Å². The lowest BCUT2D eigenvalue weighted by molar-refractivity contribution is 0.0710. The minimum absolute atomic E-state index is 0.172. The molecule has 1 unspecified atom stereocenters. The molecule has 1 amide bonds. The smallest absolute Gasteiger partial charge is 0.274 e. The van der Waals surface area contributed by atoms with Crippen molar-refractivity contribution in [2.45, 2.75) is 12.5 Å². The van der Waals surface area contributed by atoms with E-state index in [1.165, 1.54) is 0 Å². The summed E-state index contributed by atoms with van der Waals surface area (Å²) in [5.41, 5.74) is 3.40. The second-order valence-corrected chi connectivity index (χ2v) is 7.41. The summed E-state index contributed by atoms with van der Waals surface area (Å²) in [6.07, 6.45) is 0.632. The molecule has 0 saturated heterocycles. The average molecular weight is 414 g/mol. The van der Waals surface area contributed by atoms with Crippen LogP contribution in [0.3, 0.4) is 0 Å². The van der Waals surface area contributed by atoms with Crippen molar-refractivity contribution in [1.29, 1.82) is 0 Å². The van der Waals surface area contributed by atoms with Gasteiger partial charge in [-0.05, 0) is 53.6 Å². The predicted molar refractivity (Wildman–Crippen MR) is 117 cm³/mol. The van der Waals surface area contributed by atoms with Crippen LogP contribution in [-0.4, -0.2) is 37.0 Å². The SMILES string of the molecule is COc1ccc(C2=NN(C(=O)c3ccc4c(c3)OCCO4)C(c3ccccc3)C2)cc1. The monoisotopic (exact) mass is 414 g/mol. The molecular formula is C25H22N2O4. The van der Waals surface area contributed by atoms with Gasteiger partial charge in [0.1, 0.15) is 19.0 Å². The Balaban J connectivity index is 1.50. The van der Waals surface area contributed by atoms with Gasteiger partial charge in [-0.3, -0.25) is 4.79 Å². The summed E-state index contributed by atoms with van der Waals surface area (Å²) < 4.78 is 16.5. The molecule has 0 aliphatic carbocycles. The topological polar surface area (TPSA) is 60.4 Å². The molecule has 0 bridgehead atoms. The Morgan fingerprint density at radius 2 is 1.71 bits per heavy atom. The standard InChI is InChI=1S/C25H22N2O4/c1-29-20-10-7-17(8-11-20)21-16-22(18-5-3-2-4-6-18)27(26-21)25(28)19-9-12-23-24(15-19)31-14-13-30-23/h2-12,15,22H,13-14,16H2,1H3. The lowest BCUT2D eigenvalue weighted by Crippen LogP contribution is -2.27. The van der Waals surface area contributed by atoms with Gasteiger partial charge >= 0.3 is 0 Å². The number of fused-ring (bicyclic) bond motifs is 1. The van der Waals surface area contributed by atoms with Crippen molar-refractivity contribution < 1.29 is 19.0 Å². The normalized spacial score (nSPS) is 17.3. The van der Waals surface area contributed by atoms with E-state index in [1.807, 2.05) is 54.6 Å². The van der Waals surface area contributed by atoms with Crippen LogP contribution in [0.5, 0.6) is 17.2 Å². The van der Waals surface area contributed by atoms with Crippen LogP contribution in [0.15, 0.2) is 77.9 Å². The molecule has 3 aromatic carbocycles. The number of rotatable bonds is 4. The highest BCUT2D eigenvalue weighted by Crippen LogP contribution is 2.36. The van der Waals surface area contributed by atoms with Gasteiger partial charge in [0.25, 0.3) is 5.91 Å². The van der Waals surface area contributed by atoms with Gasteiger partial charge in [-0.1, -0.05) is 30.3 Å². The summed E-state index contributed by atoms with van der Waals surface area (Å²) in [7, 11) is 1.64. The van der Waals surface area contributed by atoms with Gasteiger partial charge in [0.2, 0.25) is 0 Å². The number of amides is 1. The highest BCUT2D eigenvalue weighted by atomic mass is 16.6. The Kier molecular flexibility index (Phi) is 5.04. The maximum Gasteiger partial charge on any atom is 0.274 e. The van der Waals surface area contributed by atoms with Gasteiger partial charge in [0.15, 0.2) is 11.5 Å². The number of methoxy groups -OCH3 is 1. The van der Waals surface area contributed by atoms with Crippen molar-refractivity contribution in [2.75, 3.05) is 20.3 Å². The number of hydrazone groups is 1. The molecule has 6 heteroatoms. The average Bonchev–Trinajstić information content (AvgIpc) is 3.29. The number of benzene rings is 3. The molecule has 156 valence electrons. The molecule has 0 fully saturated rings. The van der Waals surface area contributed by atoms with Crippen molar-refractivity contribution in [2.24, 2.45) is 5.10 Å². The Hall–Kier alpha value is -3.80. The Morgan fingerprint density at radius 3 is 2.45 bits per heavy atom. The molecule has 1 atom stereocenters. The van der Waals surface area contributed by atoms with E-state index in [0.717, 1.165) is 22.6 Å². The third kappa shape index (κ3) is 3.72. The second-order valence-electron chi connectivity index (χ2n) is 7.41. The van der Waals surface area contributed by atoms with E-state index >= 15 is 0 Å². The third-order valence-corrected chi connectivity index (χ3v) is 5.52. The molecule has 0 radical (unpaired) electrons. The first-order valence-corrected chi connectivity index (χ1v) is 10.2. The summed E-state index contributed by atoms with van der Waals surface area (Å²) in [5.74, 6) is 1.86. The van der Waals surface area contributed by atoms with Gasteiger partial charge in [-0.25, -0.2) is 5.01 Å². The zero-order chi connectivity index (χ0) is 21.2. The first-order chi connectivity index (χ1) is 15.2. The highest BCUT2D eigenvalue weighted by molar-refractivity contribution is 6.05. The lowest BCUT2D eigenvalue weighted by atomic mass is 9.98. The number of nitrogens with zero attached hydrogens (tertiary/aromatic N) is 2. The second kappa shape index (κ2) is 8.14.